The summed E-state index contributed by atoms with van der Waals surface area (Å²) >= 11 is 3.14. The fourth-order valence-corrected chi connectivity index (χ4v) is 2.12. The van der Waals surface area contributed by atoms with Crippen LogP contribution in [0, 0.1) is 24.7 Å². The van der Waals surface area contributed by atoms with Crippen LogP contribution in [-0.4, -0.2) is 30.7 Å². The smallest absolute Gasteiger partial charge is 0.344 e. The lowest BCUT2D eigenvalue weighted by Gasteiger charge is -2.12. The lowest BCUT2D eigenvalue weighted by molar-refractivity contribution is -0.145. The van der Waals surface area contributed by atoms with Gasteiger partial charge in [-0.15, -0.1) is 12.8 Å². The predicted octanol–water partition coefficient (Wildman–Crippen LogP) is 2.02. The Bertz CT molecular complexity index is 706. The molecule has 22 heavy (non-hydrogen) atoms. The summed E-state index contributed by atoms with van der Waals surface area (Å²) < 4.78 is 10.3. The number of Topliss-reactive ketones (excluding diaryl/α,β-unsaturated/α-hetero) is 2. The third kappa shape index (κ3) is 3.97. The molecule has 112 valence electrons. The van der Waals surface area contributed by atoms with Crippen molar-refractivity contribution in [1.82, 2.24) is 0 Å². The van der Waals surface area contributed by atoms with E-state index < -0.39 is 24.1 Å². The van der Waals surface area contributed by atoms with Crippen molar-refractivity contribution in [1.29, 1.82) is 0 Å². The van der Waals surface area contributed by atoms with Gasteiger partial charge >= 0.3 is 5.97 Å². The van der Waals surface area contributed by atoms with E-state index in [4.69, 9.17) is 22.3 Å². The second-order valence-electron chi connectivity index (χ2n) is 3.84. The summed E-state index contributed by atoms with van der Waals surface area (Å²) in [4.78, 5) is 35.1. The number of rotatable bonds is 6. The van der Waals surface area contributed by atoms with Crippen molar-refractivity contribution in [2.75, 3.05) is 13.2 Å². The van der Waals surface area contributed by atoms with Gasteiger partial charge in [0.25, 0.3) is 0 Å². The third-order valence-corrected chi connectivity index (χ3v) is 3.14. The molecule has 0 fully saturated rings. The van der Waals surface area contributed by atoms with Crippen molar-refractivity contribution in [3.05, 3.63) is 27.7 Å². The highest BCUT2D eigenvalue weighted by Crippen LogP contribution is 2.30. The number of carbonyl (C=O) groups excluding carboxylic acids is 3. The molecule has 0 amide bonds. The fraction of sp³-hybridized carbons (Fsp3) is 0.188. The molecule has 0 atom stereocenters. The minimum Gasteiger partial charge on any atom is -0.481 e. The van der Waals surface area contributed by atoms with Gasteiger partial charge in [-0.2, -0.15) is 0 Å². The van der Waals surface area contributed by atoms with Crippen LogP contribution in [0.25, 0.3) is 0 Å². The summed E-state index contributed by atoms with van der Waals surface area (Å²) in [5.74, 6) is 1.68. The zero-order valence-electron chi connectivity index (χ0n) is 11.6. The van der Waals surface area contributed by atoms with Crippen LogP contribution in [0.15, 0.2) is 16.6 Å². The molecule has 1 rings (SSSR count). The molecule has 0 saturated heterocycles. The standard InChI is InChI=1S/C16H11BrO5/c1-4-11(18)15-10(17)7-8-13(16(15)12(19)5-2)22-9-14(20)21-6-3/h1-2,7-8H,6,9H2,3H3. The maximum absolute atomic E-state index is 11.9. The Labute approximate surface area is 136 Å². The molecule has 0 radical (unpaired) electrons. The fourth-order valence-electron chi connectivity index (χ4n) is 1.61. The minimum absolute atomic E-state index is 0.0159. The normalized spacial score (nSPS) is 9.27. The highest BCUT2D eigenvalue weighted by molar-refractivity contribution is 9.10. The van der Waals surface area contributed by atoms with Gasteiger partial charge in [-0.25, -0.2) is 4.79 Å². The lowest BCUT2D eigenvalue weighted by Crippen LogP contribution is -2.17. The van der Waals surface area contributed by atoms with E-state index in [1.807, 2.05) is 11.8 Å². The molecule has 0 spiro atoms. The van der Waals surface area contributed by atoms with Gasteiger partial charge in [0.1, 0.15) is 5.75 Å². The Hall–Kier alpha value is -2.57. The maximum Gasteiger partial charge on any atom is 0.344 e. The van der Waals surface area contributed by atoms with Crippen LogP contribution in [0.5, 0.6) is 5.75 Å². The molecule has 0 aliphatic heterocycles. The first-order chi connectivity index (χ1) is 10.5. The van der Waals surface area contributed by atoms with Crippen LogP contribution >= 0.6 is 15.9 Å². The summed E-state index contributed by atoms with van der Waals surface area (Å²) in [6.07, 6.45) is 10.2. The van der Waals surface area contributed by atoms with Crippen molar-refractivity contribution in [2.45, 2.75) is 6.92 Å². The SMILES string of the molecule is C#CC(=O)c1c(Br)ccc(OCC(=O)OCC)c1C(=O)C#C. The lowest BCUT2D eigenvalue weighted by atomic mass is 9.99. The molecule has 0 unspecified atom stereocenters. The molecule has 0 aliphatic carbocycles. The summed E-state index contributed by atoms with van der Waals surface area (Å²) in [7, 11) is 0. The van der Waals surface area contributed by atoms with Crippen molar-refractivity contribution in [3.8, 4) is 30.4 Å². The van der Waals surface area contributed by atoms with E-state index in [0.717, 1.165) is 0 Å². The summed E-state index contributed by atoms with van der Waals surface area (Å²) in [6, 6.07) is 2.87. The largest absolute Gasteiger partial charge is 0.481 e. The zero-order valence-corrected chi connectivity index (χ0v) is 13.2. The highest BCUT2D eigenvalue weighted by atomic mass is 79.9. The van der Waals surface area contributed by atoms with Gasteiger partial charge in [0.15, 0.2) is 6.61 Å². The van der Waals surface area contributed by atoms with Gasteiger partial charge in [0.2, 0.25) is 11.6 Å². The number of ketones is 2. The molecule has 1 aromatic rings. The van der Waals surface area contributed by atoms with E-state index in [2.05, 4.69) is 15.9 Å². The van der Waals surface area contributed by atoms with Gasteiger partial charge in [0.05, 0.1) is 17.7 Å². The first-order valence-corrected chi connectivity index (χ1v) is 6.88. The van der Waals surface area contributed by atoms with Gasteiger partial charge < -0.3 is 9.47 Å². The second kappa shape index (κ2) is 8.02. The van der Waals surface area contributed by atoms with E-state index in [9.17, 15) is 14.4 Å². The second-order valence-corrected chi connectivity index (χ2v) is 4.69. The number of esters is 1. The Morgan fingerprint density at radius 3 is 2.27 bits per heavy atom. The average Bonchev–Trinajstić information content (AvgIpc) is 2.52. The van der Waals surface area contributed by atoms with Gasteiger partial charge in [-0.1, -0.05) is 0 Å². The number of halogens is 1. The van der Waals surface area contributed by atoms with Crippen LogP contribution < -0.4 is 4.74 Å². The molecule has 0 N–H and O–H groups in total. The monoisotopic (exact) mass is 362 g/mol. The number of carbonyl (C=O) groups is 3. The third-order valence-electron chi connectivity index (χ3n) is 2.48. The molecule has 0 aromatic heterocycles. The highest BCUT2D eigenvalue weighted by Gasteiger charge is 2.23. The summed E-state index contributed by atoms with van der Waals surface area (Å²) in [5.41, 5.74) is -0.240. The molecule has 5 nitrogen and oxygen atoms in total. The summed E-state index contributed by atoms with van der Waals surface area (Å²) in [5, 5.41) is 0. The van der Waals surface area contributed by atoms with Crippen LogP contribution in [0.4, 0.5) is 0 Å². The molecule has 0 bridgehead atoms. The molecular formula is C16H11BrO5. The van der Waals surface area contributed by atoms with Crippen LogP contribution in [0.3, 0.4) is 0 Å². The zero-order chi connectivity index (χ0) is 16.7. The average molecular weight is 363 g/mol. The quantitative estimate of drug-likeness (QED) is 0.335. The molecule has 6 heteroatoms. The van der Waals surface area contributed by atoms with Gasteiger partial charge in [0, 0.05) is 4.47 Å². The number of terminal acetylenes is 2. The first-order valence-electron chi connectivity index (χ1n) is 6.09. The Morgan fingerprint density at radius 2 is 1.73 bits per heavy atom. The molecule has 1 aromatic carbocycles. The summed E-state index contributed by atoms with van der Waals surface area (Å²) in [6.45, 7) is 1.41. The molecule has 0 aliphatic rings. The van der Waals surface area contributed by atoms with Crippen molar-refractivity contribution in [3.63, 3.8) is 0 Å². The van der Waals surface area contributed by atoms with Crippen molar-refractivity contribution >= 4 is 33.5 Å². The number of benzene rings is 1. The minimum atomic E-state index is -0.779. The maximum atomic E-state index is 11.9. The van der Waals surface area contributed by atoms with Crippen LogP contribution in [-0.2, 0) is 9.53 Å². The Morgan fingerprint density at radius 1 is 1.14 bits per heavy atom. The predicted molar refractivity (Wildman–Crippen MR) is 82.6 cm³/mol. The van der Waals surface area contributed by atoms with E-state index in [0.29, 0.717) is 4.47 Å². The molecule has 0 heterocycles. The first kappa shape index (κ1) is 17.5. The van der Waals surface area contributed by atoms with Crippen LogP contribution in [0.2, 0.25) is 0 Å². The van der Waals surface area contributed by atoms with Gasteiger partial charge in [-0.05, 0) is 46.8 Å². The van der Waals surface area contributed by atoms with E-state index in [1.54, 1.807) is 6.92 Å². The van der Waals surface area contributed by atoms with Crippen molar-refractivity contribution in [2.24, 2.45) is 0 Å². The Balaban J connectivity index is 3.32. The number of ether oxygens (including phenoxy) is 2. The van der Waals surface area contributed by atoms with E-state index >= 15 is 0 Å². The van der Waals surface area contributed by atoms with E-state index in [1.165, 1.54) is 12.1 Å². The number of hydrogen-bond acceptors (Lipinski definition) is 5. The van der Waals surface area contributed by atoms with E-state index in [-0.39, 0.29) is 23.5 Å². The van der Waals surface area contributed by atoms with Crippen LogP contribution in [0.1, 0.15) is 27.6 Å². The molecular weight excluding hydrogens is 352 g/mol. The van der Waals surface area contributed by atoms with Crippen molar-refractivity contribution < 1.29 is 23.9 Å². The topological polar surface area (TPSA) is 69.7 Å². The Kier molecular flexibility index (Phi) is 6.37. The van der Waals surface area contributed by atoms with Gasteiger partial charge in [-0.3, -0.25) is 9.59 Å². The molecule has 0 saturated carbocycles. The number of hydrogen-bond donors (Lipinski definition) is 0.